The first kappa shape index (κ1) is 13.2. The molecule has 0 fully saturated rings. The molecule has 0 aromatic heterocycles. The molecule has 3 nitrogen and oxygen atoms in total. The predicted octanol–water partition coefficient (Wildman–Crippen LogP) is 2.35. The van der Waals surface area contributed by atoms with Gasteiger partial charge in [0.05, 0.1) is 0 Å². The van der Waals surface area contributed by atoms with Crippen LogP contribution in [0.5, 0.6) is 0 Å². The van der Waals surface area contributed by atoms with Gasteiger partial charge in [-0.2, -0.15) is 0 Å². The average Bonchev–Trinajstić information content (AvgIpc) is 2.16. The normalized spacial score (nSPS) is 11.7. The van der Waals surface area contributed by atoms with Crippen molar-refractivity contribution < 1.29 is 15.0 Å². The Bertz CT molecular complexity index is 185. The standard InChI is InChI=1S/C11H20O3/c1-2-3-4-5-7-10(11(13)14)8-6-9-12/h8,12H,2-7,9H2,1H3,(H,13,14). The Morgan fingerprint density at radius 3 is 2.50 bits per heavy atom. The first-order valence-corrected chi connectivity index (χ1v) is 5.25. The van der Waals surface area contributed by atoms with Crippen LogP contribution in [0.25, 0.3) is 0 Å². The van der Waals surface area contributed by atoms with Crippen LogP contribution in [0.2, 0.25) is 0 Å². The van der Waals surface area contributed by atoms with E-state index >= 15 is 0 Å². The molecular weight excluding hydrogens is 180 g/mol. The maximum absolute atomic E-state index is 10.7. The van der Waals surface area contributed by atoms with Gasteiger partial charge in [-0.15, -0.1) is 0 Å². The van der Waals surface area contributed by atoms with E-state index in [1.165, 1.54) is 0 Å². The van der Waals surface area contributed by atoms with E-state index in [0.29, 0.717) is 18.4 Å². The number of aliphatic hydroxyl groups excluding tert-OH is 1. The Morgan fingerprint density at radius 2 is 2.00 bits per heavy atom. The second-order valence-corrected chi connectivity index (χ2v) is 3.36. The Morgan fingerprint density at radius 1 is 1.29 bits per heavy atom. The van der Waals surface area contributed by atoms with Gasteiger partial charge in [-0.1, -0.05) is 32.3 Å². The molecule has 0 aromatic carbocycles. The summed E-state index contributed by atoms with van der Waals surface area (Å²) >= 11 is 0. The van der Waals surface area contributed by atoms with Crippen molar-refractivity contribution in [2.24, 2.45) is 0 Å². The van der Waals surface area contributed by atoms with Crippen LogP contribution in [-0.2, 0) is 4.79 Å². The molecule has 14 heavy (non-hydrogen) atoms. The van der Waals surface area contributed by atoms with Gasteiger partial charge >= 0.3 is 5.97 Å². The summed E-state index contributed by atoms with van der Waals surface area (Å²) in [6, 6.07) is 0. The van der Waals surface area contributed by atoms with Gasteiger partial charge in [-0.25, -0.2) is 4.79 Å². The fourth-order valence-corrected chi connectivity index (χ4v) is 1.28. The molecule has 0 saturated heterocycles. The lowest BCUT2D eigenvalue weighted by molar-refractivity contribution is -0.132. The quantitative estimate of drug-likeness (QED) is 0.467. The van der Waals surface area contributed by atoms with Crippen LogP contribution in [0.15, 0.2) is 11.6 Å². The third-order valence-corrected chi connectivity index (χ3v) is 2.09. The Labute approximate surface area is 85.4 Å². The fourth-order valence-electron chi connectivity index (χ4n) is 1.28. The van der Waals surface area contributed by atoms with E-state index in [0.717, 1.165) is 25.7 Å². The largest absolute Gasteiger partial charge is 0.478 e. The van der Waals surface area contributed by atoms with Crippen LogP contribution in [0.3, 0.4) is 0 Å². The second-order valence-electron chi connectivity index (χ2n) is 3.36. The van der Waals surface area contributed by atoms with Crippen molar-refractivity contribution in [1.29, 1.82) is 0 Å². The zero-order valence-corrected chi connectivity index (χ0v) is 8.83. The minimum Gasteiger partial charge on any atom is -0.478 e. The molecule has 0 radical (unpaired) electrons. The van der Waals surface area contributed by atoms with Crippen LogP contribution in [-0.4, -0.2) is 22.8 Å². The Kier molecular flexibility index (Phi) is 8.24. The van der Waals surface area contributed by atoms with Crippen molar-refractivity contribution in [2.45, 2.75) is 45.4 Å². The van der Waals surface area contributed by atoms with Crippen LogP contribution in [0.1, 0.15) is 45.4 Å². The summed E-state index contributed by atoms with van der Waals surface area (Å²) in [7, 11) is 0. The molecule has 0 saturated carbocycles. The molecule has 0 rings (SSSR count). The summed E-state index contributed by atoms with van der Waals surface area (Å²) in [4.78, 5) is 10.7. The lowest BCUT2D eigenvalue weighted by Gasteiger charge is -2.01. The van der Waals surface area contributed by atoms with E-state index in [9.17, 15) is 4.79 Å². The smallest absolute Gasteiger partial charge is 0.331 e. The third-order valence-electron chi connectivity index (χ3n) is 2.09. The minimum atomic E-state index is -0.852. The van der Waals surface area contributed by atoms with Gasteiger partial charge in [0.25, 0.3) is 0 Å². The highest BCUT2D eigenvalue weighted by molar-refractivity contribution is 5.86. The molecule has 0 bridgehead atoms. The van der Waals surface area contributed by atoms with E-state index in [1.54, 1.807) is 6.08 Å². The van der Waals surface area contributed by atoms with Gasteiger partial charge in [0.1, 0.15) is 0 Å². The maximum Gasteiger partial charge on any atom is 0.331 e. The fraction of sp³-hybridized carbons (Fsp3) is 0.727. The molecule has 82 valence electrons. The number of carboxylic acids is 1. The van der Waals surface area contributed by atoms with Crippen molar-refractivity contribution >= 4 is 5.97 Å². The van der Waals surface area contributed by atoms with E-state index < -0.39 is 5.97 Å². The SMILES string of the molecule is CCCCCCC(=CCCO)C(=O)O. The summed E-state index contributed by atoms with van der Waals surface area (Å²) < 4.78 is 0. The summed E-state index contributed by atoms with van der Waals surface area (Å²) in [6.45, 7) is 2.14. The number of aliphatic carboxylic acids is 1. The van der Waals surface area contributed by atoms with Crippen LogP contribution < -0.4 is 0 Å². The highest BCUT2D eigenvalue weighted by Crippen LogP contribution is 2.11. The van der Waals surface area contributed by atoms with Gasteiger partial charge in [0, 0.05) is 12.2 Å². The van der Waals surface area contributed by atoms with Crippen molar-refractivity contribution in [1.82, 2.24) is 0 Å². The summed E-state index contributed by atoms with van der Waals surface area (Å²) in [5.41, 5.74) is 0.440. The highest BCUT2D eigenvalue weighted by atomic mass is 16.4. The van der Waals surface area contributed by atoms with Crippen LogP contribution in [0.4, 0.5) is 0 Å². The van der Waals surface area contributed by atoms with Crippen LogP contribution in [0, 0.1) is 0 Å². The van der Waals surface area contributed by atoms with Gasteiger partial charge in [-0.3, -0.25) is 0 Å². The lowest BCUT2D eigenvalue weighted by Crippen LogP contribution is -2.01. The second kappa shape index (κ2) is 8.75. The molecule has 2 N–H and O–H groups in total. The molecule has 0 unspecified atom stereocenters. The monoisotopic (exact) mass is 200 g/mol. The maximum atomic E-state index is 10.7. The van der Waals surface area contributed by atoms with E-state index in [2.05, 4.69) is 6.92 Å². The number of hydrogen-bond donors (Lipinski definition) is 2. The summed E-state index contributed by atoms with van der Waals surface area (Å²) in [5.74, 6) is -0.852. The first-order valence-electron chi connectivity index (χ1n) is 5.25. The molecule has 0 atom stereocenters. The first-order chi connectivity index (χ1) is 6.72. The number of carboxylic acid groups (broad SMARTS) is 1. The minimum absolute atomic E-state index is 0.0196. The molecule has 0 heterocycles. The highest BCUT2D eigenvalue weighted by Gasteiger charge is 2.05. The molecular formula is C11H20O3. The number of unbranched alkanes of at least 4 members (excludes halogenated alkanes) is 3. The molecule has 0 aromatic rings. The number of rotatable bonds is 8. The van der Waals surface area contributed by atoms with Crippen molar-refractivity contribution in [3.63, 3.8) is 0 Å². The lowest BCUT2D eigenvalue weighted by atomic mass is 10.1. The third kappa shape index (κ3) is 6.66. The number of hydrogen-bond acceptors (Lipinski definition) is 2. The van der Waals surface area contributed by atoms with Gasteiger partial charge in [-0.05, 0) is 19.3 Å². The average molecular weight is 200 g/mol. The van der Waals surface area contributed by atoms with Gasteiger partial charge in [0.15, 0.2) is 0 Å². The Balaban J connectivity index is 3.80. The van der Waals surface area contributed by atoms with E-state index in [-0.39, 0.29) is 6.61 Å². The zero-order chi connectivity index (χ0) is 10.8. The van der Waals surface area contributed by atoms with Crippen molar-refractivity contribution in [2.75, 3.05) is 6.61 Å². The predicted molar refractivity (Wildman–Crippen MR) is 56.2 cm³/mol. The molecule has 0 aliphatic heterocycles. The van der Waals surface area contributed by atoms with Crippen LogP contribution >= 0.6 is 0 Å². The molecule has 3 heteroatoms. The summed E-state index contributed by atoms with van der Waals surface area (Å²) in [5, 5.41) is 17.4. The van der Waals surface area contributed by atoms with Gasteiger partial charge in [0.2, 0.25) is 0 Å². The topological polar surface area (TPSA) is 57.5 Å². The molecule has 0 aliphatic carbocycles. The van der Waals surface area contributed by atoms with Gasteiger partial charge < -0.3 is 10.2 Å². The van der Waals surface area contributed by atoms with E-state index in [1.807, 2.05) is 0 Å². The Hall–Kier alpha value is -0.830. The van der Waals surface area contributed by atoms with Crippen molar-refractivity contribution in [3.8, 4) is 0 Å². The van der Waals surface area contributed by atoms with E-state index in [4.69, 9.17) is 10.2 Å². The zero-order valence-electron chi connectivity index (χ0n) is 8.83. The molecule has 0 amide bonds. The molecule has 0 spiro atoms. The summed E-state index contributed by atoms with van der Waals surface area (Å²) in [6.07, 6.45) is 7.01. The number of aliphatic hydroxyl groups is 1. The molecule has 0 aliphatic rings. The number of carbonyl (C=O) groups is 1. The van der Waals surface area contributed by atoms with Crippen molar-refractivity contribution in [3.05, 3.63) is 11.6 Å².